The molecule has 1 aromatic rings. The van der Waals surface area contributed by atoms with Crippen LogP contribution in [-0.4, -0.2) is 47.4 Å². The van der Waals surface area contributed by atoms with E-state index < -0.39 is 0 Å². The van der Waals surface area contributed by atoms with Crippen molar-refractivity contribution in [3.05, 3.63) is 33.8 Å². The second kappa shape index (κ2) is 8.94. The first-order valence-corrected chi connectivity index (χ1v) is 8.87. The first-order valence-electron chi connectivity index (χ1n) is 8.08. The van der Waals surface area contributed by atoms with E-state index in [1.54, 1.807) is 18.2 Å². The summed E-state index contributed by atoms with van der Waals surface area (Å²) >= 11 is 3.29. The van der Waals surface area contributed by atoms with Crippen LogP contribution in [0, 0.1) is 0 Å². The van der Waals surface area contributed by atoms with Crippen molar-refractivity contribution in [3.8, 4) is 0 Å². The number of halogens is 1. The average Bonchev–Trinajstić information content (AvgIpc) is 2.79. The van der Waals surface area contributed by atoms with Crippen LogP contribution in [0.4, 0.5) is 0 Å². The van der Waals surface area contributed by atoms with Crippen LogP contribution in [-0.2, 0) is 4.79 Å². The minimum Gasteiger partial charge on any atom is -0.396 e. The van der Waals surface area contributed by atoms with Crippen LogP contribution in [0.15, 0.2) is 22.7 Å². The molecule has 1 aliphatic rings. The summed E-state index contributed by atoms with van der Waals surface area (Å²) < 4.78 is 0.754. The van der Waals surface area contributed by atoms with Crippen molar-refractivity contribution in [2.24, 2.45) is 0 Å². The Morgan fingerprint density at radius 1 is 1.08 bits per heavy atom. The lowest BCUT2D eigenvalue weighted by molar-refractivity contribution is -0.121. The molecular weight excluding hydrogens is 376 g/mol. The fourth-order valence-electron chi connectivity index (χ4n) is 2.59. The predicted molar refractivity (Wildman–Crippen MR) is 92.7 cm³/mol. The number of unbranched alkanes of at least 4 members (excludes halogenated alkanes) is 2. The highest BCUT2D eigenvalue weighted by atomic mass is 79.9. The molecule has 0 saturated heterocycles. The number of fused-ring (bicyclic) bond motifs is 1. The monoisotopic (exact) mass is 396 g/mol. The first kappa shape index (κ1) is 18.6. The molecule has 3 amide bonds. The molecule has 6 nitrogen and oxygen atoms in total. The summed E-state index contributed by atoms with van der Waals surface area (Å²) in [4.78, 5) is 37.4. The Balaban J connectivity index is 1.74. The predicted octanol–water partition coefficient (Wildman–Crippen LogP) is 2.10. The van der Waals surface area contributed by atoms with Crippen molar-refractivity contribution in [3.63, 3.8) is 0 Å². The molecule has 0 spiro atoms. The van der Waals surface area contributed by atoms with Crippen LogP contribution in [0.2, 0.25) is 0 Å². The van der Waals surface area contributed by atoms with Crippen molar-refractivity contribution < 1.29 is 19.5 Å². The maximum Gasteiger partial charge on any atom is 0.261 e. The number of hydrogen-bond donors (Lipinski definition) is 2. The van der Waals surface area contributed by atoms with E-state index in [2.05, 4.69) is 21.2 Å². The van der Waals surface area contributed by atoms with Gasteiger partial charge in [0.1, 0.15) is 0 Å². The molecule has 130 valence electrons. The largest absolute Gasteiger partial charge is 0.396 e. The zero-order chi connectivity index (χ0) is 17.5. The van der Waals surface area contributed by atoms with Gasteiger partial charge in [-0.3, -0.25) is 19.3 Å². The maximum atomic E-state index is 12.3. The van der Waals surface area contributed by atoms with Gasteiger partial charge in [0.25, 0.3) is 11.8 Å². The summed E-state index contributed by atoms with van der Waals surface area (Å²) in [6.07, 6.45) is 3.17. The Morgan fingerprint density at radius 3 is 2.58 bits per heavy atom. The number of aliphatic hydroxyl groups is 1. The van der Waals surface area contributed by atoms with Crippen LogP contribution < -0.4 is 5.32 Å². The second-order valence-corrected chi connectivity index (χ2v) is 6.61. The zero-order valence-electron chi connectivity index (χ0n) is 13.4. The highest BCUT2D eigenvalue weighted by Crippen LogP contribution is 2.26. The Hall–Kier alpha value is -1.73. The number of carbonyl (C=O) groups is 3. The van der Waals surface area contributed by atoms with Crippen molar-refractivity contribution in [1.29, 1.82) is 0 Å². The van der Waals surface area contributed by atoms with Gasteiger partial charge in [0.15, 0.2) is 0 Å². The number of imide groups is 1. The number of nitrogens with zero attached hydrogens (tertiary/aromatic N) is 1. The van der Waals surface area contributed by atoms with Crippen molar-refractivity contribution in [2.45, 2.75) is 32.1 Å². The molecular formula is C17H21BrN2O4. The van der Waals surface area contributed by atoms with Gasteiger partial charge >= 0.3 is 0 Å². The number of nitrogens with one attached hydrogen (secondary N) is 1. The van der Waals surface area contributed by atoms with E-state index in [1.807, 2.05) is 0 Å². The second-order valence-electron chi connectivity index (χ2n) is 5.69. The van der Waals surface area contributed by atoms with E-state index in [0.29, 0.717) is 24.1 Å². The molecule has 0 fully saturated rings. The molecule has 0 aliphatic carbocycles. The third kappa shape index (κ3) is 4.64. The molecule has 0 saturated carbocycles. The van der Waals surface area contributed by atoms with Gasteiger partial charge in [-0.2, -0.15) is 0 Å². The molecule has 24 heavy (non-hydrogen) atoms. The molecule has 0 aromatic heterocycles. The van der Waals surface area contributed by atoms with E-state index >= 15 is 0 Å². The van der Waals surface area contributed by atoms with Crippen LogP contribution in [0.5, 0.6) is 0 Å². The van der Waals surface area contributed by atoms with Gasteiger partial charge in [-0.05, 0) is 43.9 Å². The van der Waals surface area contributed by atoms with Crippen LogP contribution in [0.3, 0.4) is 0 Å². The van der Waals surface area contributed by atoms with Crippen molar-refractivity contribution >= 4 is 33.7 Å². The Bertz CT molecular complexity index is 633. The van der Waals surface area contributed by atoms with Gasteiger partial charge in [-0.15, -0.1) is 0 Å². The van der Waals surface area contributed by atoms with Gasteiger partial charge in [0.05, 0.1) is 11.1 Å². The number of benzene rings is 1. The highest BCUT2D eigenvalue weighted by Gasteiger charge is 2.35. The van der Waals surface area contributed by atoms with E-state index in [-0.39, 0.29) is 37.3 Å². The normalized spacial score (nSPS) is 13.3. The van der Waals surface area contributed by atoms with Crippen LogP contribution in [0.1, 0.15) is 52.8 Å². The topological polar surface area (TPSA) is 86.7 Å². The molecule has 1 aliphatic heterocycles. The van der Waals surface area contributed by atoms with Crippen molar-refractivity contribution in [2.75, 3.05) is 19.7 Å². The van der Waals surface area contributed by atoms with E-state index in [4.69, 9.17) is 5.11 Å². The minimum atomic E-state index is -0.305. The summed E-state index contributed by atoms with van der Waals surface area (Å²) in [5.41, 5.74) is 0.819. The number of aliphatic hydroxyl groups excluding tert-OH is 1. The molecule has 0 radical (unpaired) electrons. The van der Waals surface area contributed by atoms with Crippen molar-refractivity contribution in [1.82, 2.24) is 10.2 Å². The fraction of sp³-hybridized carbons (Fsp3) is 0.471. The quantitative estimate of drug-likeness (QED) is 0.494. The molecule has 2 N–H and O–H groups in total. The van der Waals surface area contributed by atoms with Gasteiger partial charge in [0, 0.05) is 30.6 Å². The first-order chi connectivity index (χ1) is 11.5. The highest BCUT2D eigenvalue weighted by molar-refractivity contribution is 9.10. The Morgan fingerprint density at radius 2 is 1.83 bits per heavy atom. The van der Waals surface area contributed by atoms with Crippen LogP contribution in [0.25, 0.3) is 0 Å². The molecule has 0 unspecified atom stereocenters. The number of hydrogen-bond acceptors (Lipinski definition) is 4. The maximum absolute atomic E-state index is 12.3. The molecule has 1 heterocycles. The number of amides is 3. The van der Waals surface area contributed by atoms with E-state index in [0.717, 1.165) is 23.7 Å². The third-order valence-corrected chi connectivity index (χ3v) is 4.37. The summed E-state index contributed by atoms with van der Waals surface area (Å²) in [6, 6.07) is 5.02. The summed E-state index contributed by atoms with van der Waals surface area (Å²) in [6.45, 7) is 0.993. The summed E-state index contributed by atoms with van der Waals surface area (Å²) in [7, 11) is 0. The minimum absolute atomic E-state index is 0.0849. The lowest BCUT2D eigenvalue weighted by Crippen LogP contribution is -2.32. The molecule has 2 rings (SSSR count). The number of rotatable bonds is 9. The van der Waals surface area contributed by atoms with Gasteiger partial charge in [0.2, 0.25) is 5.91 Å². The molecule has 0 atom stereocenters. The Kier molecular flexibility index (Phi) is 6.93. The van der Waals surface area contributed by atoms with Gasteiger partial charge in [-0.1, -0.05) is 15.9 Å². The summed E-state index contributed by atoms with van der Waals surface area (Å²) in [5.74, 6) is -0.689. The summed E-state index contributed by atoms with van der Waals surface area (Å²) in [5, 5.41) is 11.5. The third-order valence-electron chi connectivity index (χ3n) is 3.88. The smallest absolute Gasteiger partial charge is 0.261 e. The van der Waals surface area contributed by atoms with Gasteiger partial charge < -0.3 is 10.4 Å². The molecule has 1 aromatic carbocycles. The lowest BCUT2D eigenvalue weighted by Gasteiger charge is -2.13. The SMILES string of the molecule is O=C(CCCN1C(=O)c2ccc(Br)cc2C1=O)NCCCCCO. The Labute approximate surface area is 149 Å². The van der Waals surface area contributed by atoms with E-state index in [1.165, 1.54) is 4.90 Å². The average molecular weight is 397 g/mol. The zero-order valence-corrected chi connectivity index (χ0v) is 15.0. The lowest BCUT2D eigenvalue weighted by atomic mass is 10.1. The molecule has 0 bridgehead atoms. The van der Waals surface area contributed by atoms with Crippen LogP contribution >= 0.6 is 15.9 Å². The fourth-order valence-corrected chi connectivity index (χ4v) is 2.95. The van der Waals surface area contributed by atoms with E-state index in [9.17, 15) is 14.4 Å². The standard InChI is InChI=1S/C17H21BrN2O4/c18-12-6-7-13-14(11-12)17(24)20(16(13)23)9-4-5-15(22)19-8-2-1-3-10-21/h6-7,11,21H,1-5,8-10H2,(H,19,22). The van der Waals surface area contributed by atoms with Gasteiger partial charge in [-0.25, -0.2) is 0 Å². The molecule has 7 heteroatoms. The number of carbonyl (C=O) groups excluding carboxylic acids is 3.